The van der Waals surface area contributed by atoms with Crippen LogP contribution in [-0.2, 0) is 6.42 Å². The molecule has 3 heterocycles. The van der Waals surface area contributed by atoms with Gasteiger partial charge in [-0.25, -0.2) is 4.98 Å². The number of aliphatic hydroxyl groups is 1. The van der Waals surface area contributed by atoms with Crippen molar-refractivity contribution in [2.24, 2.45) is 0 Å². The number of pyridine rings is 1. The van der Waals surface area contributed by atoms with Crippen molar-refractivity contribution in [1.82, 2.24) is 9.88 Å². The van der Waals surface area contributed by atoms with E-state index in [4.69, 9.17) is 0 Å². The number of hydrogen-bond donors (Lipinski definition) is 2. The number of piperazine rings is 1. The van der Waals surface area contributed by atoms with Crippen LogP contribution in [0.5, 0.6) is 0 Å². The topological polar surface area (TPSA) is 85.8 Å². The number of carbonyl (C=O) groups is 2. The first-order chi connectivity index (χ1) is 13.5. The summed E-state index contributed by atoms with van der Waals surface area (Å²) in [6.45, 7) is 4.19. The predicted octanol–water partition coefficient (Wildman–Crippen LogP) is 1.92. The number of Topliss-reactive ketones (excluding diaryl/α,β-unsaturated/α-hetero) is 1. The van der Waals surface area contributed by atoms with Crippen LogP contribution in [0.25, 0.3) is 0 Å². The summed E-state index contributed by atoms with van der Waals surface area (Å²) in [5.41, 5.74) is 3.27. The lowest BCUT2D eigenvalue weighted by Gasteiger charge is -2.35. The van der Waals surface area contributed by atoms with Gasteiger partial charge in [0, 0.05) is 49.2 Å². The monoisotopic (exact) mass is 380 g/mol. The van der Waals surface area contributed by atoms with Gasteiger partial charge in [0.05, 0.1) is 0 Å². The summed E-state index contributed by atoms with van der Waals surface area (Å²) in [5.74, 6) is 0.869. The minimum atomic E-state index is -0.514. The molecule has 1 fully saturated rings. The summed E-state index contributed by atoms with van der Waals surface area (Å²) in [4.78, 5) is 32.7. The van der Waals surface area contributed by atoms with Crippen LogP contribution in [0.2, 0.25) is 0 Å². The van der Waals surface area contributed by atoms with Gasteiger partial charge in [-0.05, 0) is 55.7 Å². The lowest BCUT2D eigenvalue weighted by Crippen LogP contribution is -2.49. The second-order valence-corrected chi connectivity index (χ2v) is 7.31. The highest BCUT2D eigenvalue weighted by Gasteiger charge is 2.24. The van der Waals surface area contributed by atoms with Crippen molar-refractivity contribution in [2.45, 2.75) is 26.0 Å². The SMILES string of the molecule is CC(=O)c1ccc(N2CCN(C(=O)c3ccc4c(c3)CCC(O)N4)CC2)nc1. The standard InChI is InChI=1S/C21H24N4O3/c1-14(26)17-3-6-19(22-13-17)24-8-10-25(11-9-24)21(28)16-2-5-18-15(12-16)4-7-20(27)23-18/h2-3,5-6,12-13,20,23,27H,4,7-11H2,1H3. The molecule has 0 aliphatic carbocycles. The van der Waals surface area contributed by atoms with Crippen LogP contribution in [0.4, 0.5) is 11.5 Å². The molecule has 2 aliphatic heterocycles. The molecule has 0 spiro atoms. The fourth-order valence-corrected chi connectivity index (χ4v) is 3.72. The Kier molecular flexibility index (Phi) is 5.00. The third-order valence-electron chi connectivity index (χ3n) is 5.41. The Morgan fingerprint density at radius 2 is 1.86 bits per heavy atom. The van der Waals surface area contributed by atoms with Crippen molar-refractivity contribution >= 4 is 23.2 Å². The lowest BCUT2D eigenvalue weighted by atomic mass is 9.99. The fraction of sp³-hybridized carbons (Fsp3) is 0.381. The molecule has 1 amide bonds. The van der Waals surface area contributed by atoms with Crippen LogP contribution in [-0.4, -0.2) is 59.1 Å². The van der Waals surface area contributed by atoms with Gasteiger partial charge < -0.3 is 20.2 Å². The molecule has 1 aromatic heterocycles. The lowest BCUT2D eigenvalue weighted by molar-refractivity contribution is 0.0746. The van der Waals surface area contributed by atoms with Gasteiger partial charge in [0.2, 0.25) is 0 Å². The average Bonchev–Trinajstić information content (AvgIpc) is 2.73. The number of anilines is 2. The maximum Gasteiger partial charge on any atom is 0.253 e. The maximum atomic E-state index is 12.9. The molecule has 4 rings (SSSR count). The van der Waals surface area contributed by atoms with E-state index in [2.05, 4.69) is 15.2 Å². The summed E-state index contributed by atoms with van der Waals surface area (Å²) < 4.78 is 0. The van der Waals surface area contributed by atoms with Crippen LogP contribution in [0.1, 0.15) is 39.6 Å². The summed E-state index contributed by atoms with van der Waals surface area (Å²) in [7, 11) is 0. The Morgan fingerprint density at radius 3 is 2.54 bits per heavy atom. The van der Waals surface area contributed by atoms with Crippen LogP contribution < -0.4 is 10.2 Å². The van der Waals surface area contributed by atoms with Crippen LogP contribution in [0, 0.1) is 0 Å². The molecule has 2 N–H and O–H groups in total. The molecule has 0 saturated carbocycles. The molecule has 0 bridgehead atoms. The number of aromatic nitrogens is 1. The molecule has 0 radical (unpaired) electrons. The van der Waals surface area contributed by atoms with Crippen molar-refractivity contribution in [2.75, 3.05) is 36.4 Å². The molecule has 146 valence electrons. The first kappa shape index (κ1) is 18.4. The highest BCUT2D eigenvalue weighted by molar-refractivity contribution is 5.95. The number of nitrogens with one attached hydrogen (secondary N) is 1. The van der Waals surface area contributed by atoms with Crippen molar-refractivity contribution in [1.29, 1.82) is 0 Å². The van der Waals surface area contributed by atoms with Crippen LogP contribution in [0.15, 0.2) is 36.5 Å². The summed E-state index contributed by atoms with van der Waals surface area (Å²) in [6, 6.07) is 9.28. The predicted molar refractivity (Wildman–Crippen MR) is 107 cm³/mol. The van der Waals surface area contributed by atoms with Gasteiger partial charge in [-0.15, -0.1) is 0 Å². The fourth-order valence-electron chi connectivity index (χ4n) is 3.72. The third kappa shape index (κ3) is 3.71. The smallest absolute Gasteiger partial charge is 0.253 e. The number of carbonyl (C=O) groups excluding carboxylic acids is 2. The Labute approximate surface area is 164 Å². The number of aliphatic hydroxyl groups excluding tert-OH is 1. The zero-order chi connectivity index (χ0) is 19.7. The largest absolute Gasteiger partial charge is 0.374 e. The number of amides is 1. The maximum absolute atomic E-state index is 12.9. The third-order valence-corrected chi connectivity index (χ3v) is 5.41. The number of nitrogens with zero attached hydrogens (tertiary/aromatic N) is 3. The van der Waals surface area contributed by atoms with Crippen molar-refractivity contribution < 1.29 is 14.7 Å². The van der Waals surface area contributed by atoms with Crippen molar-refractivity contribution in [3.63, 3.8) is 0 Å². The second kappa shape index (κ2) is 7.59. The van der Waals surface area contributed by atoms with E-state index in [1.165, 1.54) is 6.92 Å². The van der Waals surface area contributed by atoms with Gasteiger partial charge in [-0.3, -0.25) is 9.59 Å². The quantitative estimate of drug-likeness (QED) is 0.792. The highest BCUT2D eigenvalue weighted by atomic mass is 16.3. The van der Waals surface area contributed by atoms with E-state index in [1.54, 1.807) is 12.3 Å². The average molecular weight is 380 g/mol. The Bertz CT molecular complexity index is 889. The van der Waals surface area contributed by atoms with Gasteiger partial charge >= 0.3 is 0 Å². The number of rotatable bonds is 3. The zero-order valence-corrected chi connectivity index (χ0v) is 15.9. The minimum Gasteiger partial charge on any atom is -0.374 e. The number of aryl methyl sites for hydroxylation is 1. The van der Waals surface area contributed by atoms with E-state index in [0.29, 0.717) is 43.7 Å². The molecular formula is C21H24N4O3. The summed E-state index contributed by atoms with van der Waals surface area (Å²) >= 11 is 0. The van der Waals surface area contributed by atoms with E-state index in [9.17, 15) is 14.7 Å². The molecule has 1 unspecified atom stereocenters. The van der Waals surface area contributed by atoms with Gasteiger partial charge in [0.15, 0.2) is 5.78 Å². The van der Waals surface area contributed by atoms with Crippen molar-refractivity contribution in [3.05, 3.63) is 53.2 Å². The Balaban J connectivity index is 1.39. The second-order valence-electron chi connectivity index (χ2n) is 7.31. The van der Waals surface area contributed by atoms with Gasteiger partial charge in [-0.2, -0.15) is 0 Å². The molecular weight excluding hydrogens is 356 g/mol. The molecule has 7 nitrogen and oxygen atoms in total. The summed E-state index contributed by atoms with van der Waals surface area (Å²) in [6.07, 6.45) is 2.51. The number of benzene rings is 1. The van der Waals surface area contributed by atoms with Gasteiger partial charge in [0.1, 0.15) is 12.0 Å². The number of fused-ring (bicyclic) bond motifs is 1. The van der Waals surface area contributed by atoms with Crippen LogP contribution >= 0.6 is 0 Å². The number of ketones is 1. The Hall–Kier alpha value is -2.93. The van der Waals surface area contributed by atoms with E-state index in [0.717, 1.165) is 23.5 Å². The normalized spacial score (nSPS) is 19.0. The first-order valence-electron chi connectivity index (χ1n) is 9.60. The number of hydrogen-bond acceptors (Lipinski definition) is 6. The van der Waals surface area contributed by atoms with E-state index in [-0.39, 0.29) is 11.7 Å². The summed E-state index contributed by atoms with van der Waals surface area (Å²) in [5, 5.41) is 12.7. The van der Waals surface area contributed by atoms with Crippen molar-refractivity contribution in [3.8, 4) is 0 Å². The minimum absolute atomic E-state index is 0.00391. The van der Waals surface area contributed by atoms with E-state index < -0.39 is 6.23 Å². The van der Waals surface area contributed by atoms with Gasteiger partial charge in [-0.1, -0.05) is 0 Å². The molecule has 2 aliphatic rings. The molecule has 7 heteroatoms. The highest BCUT2D eigenvalue weighted by Crippen LogP contribution is 2.26. The van der Waals surface area contributed by atoms with Gasteiger partial charge in [0.25, 0.3) is 5.91 Å². The molecule has 28 heavy (non-hydrogen) atoms. The van der Waals surface area contributed by atoms with E-state index in [1.807, 2.05) is 29.2 Å². The first-order valence-corrected chi connectivity index (χ1v) is 9.60. The molecule has 1 atom stereocenters. The Morgan fingerprint density at radius 1 is 1.11 bits per heavy atom. The molecule has 1 saturated heterocycles. The molecule has 1 aromatic carbocycles. The molecule has 2 aromatic rings. The van der Waals surface area contributed by atoms with E-state index >= 15 is 0 Å². The van der Waals surface area contributed by atoms with Crippen LogP contribution in [0.3, 0.4) is 0 Å². The zero-order valence-electron chi connectivity index (χ0n) is 15.9.